The van der Waals surface area contributed by atoms with Gasteiger partial charge in [-0.25, -0.2) is 0 Å². The summed E-state index contributed by atoms with van der Waals surface area (Å²) in [5.41, 5.74) is 0.590. The van der Waals surface area contributed by atoms with E-state index in [-0.39, 0.29) is 11.8 Å². The maximum Gasteiger partial charge on any atom is 0.309 e. The highest BCUT2D eigenvalue weighted by molar-refractivity contribution is 7.09. The molecule has 3 heterocycles. The van der Waals surface area contributed by atoms with Gasteiger partial charge in [-0.2, -0.15) is 0 Å². The Balaban J connectivity index is 1.37. The number of carbonyl (C=O) groups is 3. The Labute approximate surface area is 161 Å². The Hall–Kier alpha value is -2.74. The maximum atomic E-state index is 12.4. The van der Waals surface area contributed by atoms with Gasteiger partial charge in [0.1, 0.15) is 0 Å². The van der Waals surface area contributed by atoms with Crippen molar-refractivity contribution in [1.29, 1.82) is 0 Å². The third-order valence-corrected chi connectivity index (χ3v) is 5.45. The van der Waals surface area contributed by atoms with Crippen molar-refractivity contribution in [3.63, 3.8) is 0 Å². The van der Waals surface area contributed by atoms with Gasteiger partial charge in [0.05, 0.1) is 12.1 Å². The summed E-state index contributed by atoms with van der Waals surface area (Å²) in [6.07, 6.45) is 4.80. The van der Waals surface area contributed by atoms with Crippen LogP contribution >= 0.6 is 11.3 Å². The largest absolute Gasteiger partial charge is 0.348 e. The number of nitrogens with one attached hydrogen (secondary N) is 2. The Morgan fingerprint density at radius 2 is 1.89 bits per heavy atom. The van der Waals surface area contributed by atoms with E-state index >= 15 is 0 Å². The summed E-state index contributed by atoms with van der Waals surface area (Å²) in [6, 6.07) is 7.32. The van der Waals surface area contributed by atoms with E-state index in [9.17, 15) is 14.4 Å². The number of likely N-dealkylation sites (tertiary alicyclic amines) is 1. The first-order valence-electron chi connectivity index (χ1n) is 8.91. The van der Waals surface area contributed by atoms with Gasteiger partial charge in [0, 0.05) is 36.9 Å². The van der Waals surface area contributed by atoms with E-state index < -0.39 is 11.8 Å². The lowest BCUT2D eigenvalue weighted by molar-refractivity contribution is -0.139. The highest BCUT2D eigenvalue weighted by atomic mass is 32.1. The van der Waals surface area contributed by atoms with Crippen molar-refractivity contribution in [2.75, 3.05) is 19.6 Å². The molecule has 0 spiro atoms. The van der Waals surface area contributed by atoms with Crippen LogP contribution in [0.2, 0.25) is 0 Å². The fourth-order valence-corrected chi connectivity index (χ4v) is 3.63. The molecule has 142 valence electrons. The molecule has 7 nitrogen and oxygen atoms in total. The highest BCUT2D eigenvalue weighted by Crippen LogP contribution is 2.18. The number of pyridine rings is 1. The molecule has 1 saturated heterocycles. The minimum absolute atomic E-state index is 0.0152. The van der Waals surface area contributed by atoms with Crippen molar-refractivity contribution in [1.82, 2.24) is 20.5 Å². The summed E-state index contributed by atoms with van der Waals surface area (Å²) in [5.74, 6) is -0.983. The summed E-state index contributed by atoms with van der Waals surface area (Å²) >= 11 is 1.53. The van der Waals surface area contributed by atoms with E-state index in [2.05, 4.69) is 15.6 Å². The van der Waals surface area contributed by atoms with Gasteiger partial charge in [0.25, 0.3) is 5.91 Å². The second-order valence-corrected chi connectivity index (χ2v) is 7.48. The lowest BCUT2D eigenvalue weighted by atomic mass is 9.96. The Kier molecular flexibility index (Phi) is 6.54. The number of rotatable bonds is 5. The first-order valence-corrected chi connectivity index (χ1v) is 9.79. The van der Waals surface area contributed by atoms with Crippen LogP contribution in [-0.4, -0.2) is 47.2 Å². The molecule has 27 heavy (non-hydrogen) atoms. The lowest BCUT2D eigenvalue weighted by Gasteiger charge is -2.32. The van der Waals surface area contributed by atoms with Crippen LogP contribution in [0, 0.1) is 5.92 Å². The average Bonchev–Trinajstić information content (AvgIpc) is 3.24. The predicted molar refractivity (Wildman–Crippen MR) is 102 cm³/mol. The molecule has 2 aromatic heterocycles. The number of hydrogen-bond donors (Lipinski definition) is 2. The molecule has 8 heteroatoms. The molecule has 1 aliphatic rings. The van der Waals surface area contributed by atoms with Gasteiger partial charge in [0.2, 0.25) is 0 Å². The first kappa shape index (κ1) is 19.0. The Morgan fingerprint density at radius 1 is 1.11 bits per heavy atom. The van der Waals surface area contributed by atoms with Crippen molar-refractivity contribution < 1.29 is 14.4 Å². The number of piperidine rings is 1. The van der Waals surface area contributed by atoms with Crippen molar-refractivity contribution in [3.8, 4) is 0 Å². The van der Waals surface area contributed by atoms with Crippen molar-refractivity contribution in [3.05, 3.63) is 52.5 Å². The second-order valence-electron chi connectivity index (χ2n) is 6.45. The number of thiophene rings is 1. The van der Waals surface area contributed by atoms with Crippen LogP contribution in [0.15, 0.2) is 42.0 Å². The van der Waals surface area contributed by atoms with E-state index in [1.54, 1.807) is 24.5 Å². The van der Waals surface area contributed by atoms with E-state index in [0.29, 0.717) is 31.7 Å². The van der Waals surface area contributed by atoms with E-state index in [0.717, 1.165) is 17.7 Å². The third kappa shape index (κ3) is 5.37. The standard InChI is InChI=1S/C19H22N4O3S/c24-17(18(25)22-13-16-4-2-10-27-16)21-11-14-5-8-23(9-6-14)19(26)15-3-1-7-20-12-15/h1-4,7,10,12,14H,5-6,8-9,11,13H2,(H,21,24)(H,22,25). The monoisotopic (exact) mass is 386 g/mol. The molecule has 0 unspecified atom stereocenters. The van der Waals surface area contributed by atoms with Crippen molar-refractivity contribution in [2.24, 2.45) is 5.92 Å². The predicted octanol–water partition coefficient (Wildman–Crippen LogP) is 1.43. The quantitative estimate of drug-likeness (QED) is 0.761. The molecule has 0 saturated carbocycles. The molecule has 0 bridgehead atoms. The summed E-state index contributed by atoms with van der Waals surface area (Å²) in [6.45, 7) is 2.08. The zero-order valence-electron chi connectivity index (χ0n) is 14.9. The molecule has 2 N–H and O–H groups in total. The van der Waals surface area contributed by atoms with E-state index in [4.69, 9.17) is 0 Å². The molecule has 3 rings (SSSR count). The number of hydrogen-bond acceptors (Lipinski definition) is 5. The van der Waals surface area contributed by atoms with Gasteiger partial charge in [-0.3, -0.25) is 19.4 Å². The summed E-state index contributed by atoms with van der Waals surface area (Å²) < 4.78 is 0. The minimum atomic E-state index is -0.618. The summed E-state index contributed by atoms with van der Waals surface area (Å²) in [4.78, 5) is 42.9. The number of carbonyl (C=O) groups excluding carboxylic acids is 3. The molecule has 1 aliphatic heterocycles. The van der Waals surface area contributed by atoms with Gasteiger partial charge < -0.3 is 15.5 Å². The molecular weight excluding hydrogens is 364 g/mol. The number of aromatic nitrogens is 1. The van der Waals surface area contributed by atoms with Crippen LogP contribution in [0.1, 0.15) is 28.1 Å². The Morgan fingerprint density at radius 3 is 2.56 bits per heavy atom. The molecule has 0 radical (unpaired) electrons. The molecule has 1 fully saturated rings. The molecule has 2 aromatic rings. The normalized spacial score (nSPS) is 14.6. The van der Waals surface area contributed by atoms with Crippen LogP contribution in [0.3, 0.4) is 0 Å². The summed E-state index contributed by atoms with van der Waals surface area (Å²) in [5, 5.41) is 7.23. The van der Waals surface area contributed by atoms with Crippen LogP contribution in [0.25, 0.3) is 0 Å². The fourth-order valence-electron chi connectivity index (χ4n) is 2.99. The number of nitrogens with zero attached hydrogens (tertiary/aromatic N) is 2. The maximum absolute atomic E-state index is 12.4. The SMILES string of the molecule is O=C(NCc1cccs1)C(=O)NCC1CCN(C(=O)c2cccnc2)CC1. The zero-order chi connectivity index (χ0) is 19.1. The van der Waals surface area contributed by atoms with Gasteiger partial charge in [0.15, 0.2) is 0 Å². The molecule has 0 aromatic carbocycles. The van der Waals surface area contributed by atoms with Crippen molar-refractivity contribution in [2.45, 2.75) is 19.4 Å². The highest BCUT2D eigenvalue weighted by Gasteiger charge is 2.24. The van der Waals surface area contributed by atoms with E-state index in [1.807, 2.05) is 22.4 Å². The van der Waals surface area contributed by atoms with Crippen LogP contribution in [0.4, 0.5) is 0 Å². The van der Waals surface area contributed by atoms with Gasteiger partial charge in [-0.15, -0.1) is 11.3 Å². The van der Waals surface area contributed by atoms with Gasteiger partial charge >= 0.3 is 11.8 Å². The smallest absolute Gasteiger partial charge is 0.309 e. The fraction of sp³-hybridized carbons (Fsp3) is 0.368. The lowest BCUT2D eigenvalue weighted by Crippen LogP contribution is -2.44. The number of amides is 3. The third-order valence-electron chi connectivity index (χ3n) is 4.57. The van der Waals surface area contributed by atoms with Gasteiger partial charge in [-0.1, -0.05) is 6.07 Å². The van der Waals surface area contributed by atoms with Gasteiger partial charge in [-0.05, 0) is 42.3 Å². The second kappa shape index (κ2) is 9.27. The zero-order valence-corrected chi connectivity index (χ0v) is 15.7. The van der Waals surface area contributed by atoms with Crippen LogP contribution < -0.4 is 10.6 Å². The average molecular weight is 386 g/mol. The molecule has 3 amide bonds. The first-order chi connectivity index (χ1) is 13.1. The van der Waals surface area contributed by atoms with Crippen molar-refractivity contribution >= 4 is 29.1 Å². The van der Waals surface area contributed by atoms with Crippen LogP contribution in [0.5, 0.6) is 0 Å². The topological polar surface area (TPSA) is 91.4 Å². The molecule has 0 aliphatic carbocycles. The van der Waals surface area contributed by atoms with Crippen LogP contribution in [-0.2, 0) is 16.1 Å². The van der Waals surface area contributed by atoms with E-state index in [1.165, 1.54) is 11.3 Å². The molecular formula is C19H22N4O3S. The molecule has 0 atom stereocenters. The minimum Gasteiger partial charge on any atom is -0.348 e. The Bertz CT molecular complexity index is 772. The summed E-state index contributed by atoms with van der Waals surface area (Å²) in [7, 11) is 0.